The molecule has 0 spiro atoms. The van der Waals surface area contributed by atoms with Crippen LogP contribution in [-0.2, 0) is 4.79 Å². The second-order valence-electron chi connectivity index (χ2n) is 7.66. The maximum Gasteiger partial charge on any atom is 0.255 e. The Kier molecular flexibility index (Phi) is 9.34. The summed E-state index contributed by atoms with van der Waals surface area (Å²) in [7, 11) is 4.80. The number of likely N-dealkylation sites (N-methyl/N-ethyl adjacent to an activating group) is 1. The lowest BCUT2D eigenvalue weighted by molar-refractivity contribution is -0.117. The first-order valence-corrected chi connectivity index (χ1v) is 11.3. The van der Waals surface area contributed by atoms with Crippen molar-refractivity contribution < 1.29 is 23.8 Å². The van der Waals surface area contributed by atoms with E-state index >= 15 is 0 Å². The van der Waals surface area contributed by atoms with Crippen LogP contribution in [0, 0.1) is 0 Å². The summed E-state index contributed by atoms with van der Waals surface area (Å²) in [4.78, 5) is 27.0. The van der Waals surface area contributed by atoms with Crippen LogP contribution in [0.15, 0.2) is 66.7 Å². The highest BCUT2D eigenvalue weighted by molar-refractivity contribution is 6.30. The number of anilines is 2. The normalized spacial score (nSPS) is 10.5. The van der Waals surface area contributed by atoms with Gasteiger partial charge in [0.15, 0.2) is 0 Å². The Balaban J connectivity index is 1.59. The molecule has 0 bridgehead atoms. The monoisotopic (exact) mass is 497 g/mol. The minimum Gasteiger partial charge on any atom is -0.494 e. The number of carbonyl (C=O) groups is 2. The van der Waals surface area contributed by atoms with E-state index in [1.807, 2.05) is 18.0 Å². The number of halogens is 1. The van der Waals surface area contributed by atoms with Crippen molar-refractivity contribution in [1.82, 2.24) is 4.90 Å². The van der Waals surface area contributed by atoms with Crippen molar-refractivity contribution in [3.63, 3.8) is 0 Å². The van der Waals surface area contributed by atoms with Gasteiger partial charge in [0.05, 0.1) is 32.1 Å². The largest absolute Gasteiger partial charge is 0.494 e. The van der Waals surface area contributed by atoms with Crippen LogP contribution in [-0.4, -0.2) is 57.7 Å². The van der Waals surface area contributed by atoms with Crippen molar-refractivity contribution in [1.29, 1.82) is 0 Å². The lowest BCUT2D eigenvalue weighted by atomic mass is 10.2. The predicted octanol–water partition coefficient (Wildman–Crippen LogP) is 4.56. The topological polar surface area (TPSA) is 89.1 Å². The third kappa shape index (κ3) is 7.63. The van der Waals surface area contributed by atoms with E-state index in [0.29, 0.717) is 52.4 Å². The van der Waals surface area contributed by atoms with Gasteiger partial charge in [-0.05, 0) is 43.4 Å². The van der Waals surface area contributed by atoms with Crippen molar-refractivity contribution in [3.05, 3.63) is 77.3 Å². The standard InChI is InChI=1S/C26H28ClN3O5/c1-30(13-14-35-20-11-9-19(27)10-12-20)17-25(31)28-21-15-24(34-3)22(16-23(21)33-2)29-26(32)18-7-5-4-6-8-18/h4-12,15-16H,13-14,17H2,1-3H3,(H,28,31)(H,29,32). The minimum absolute atomic E-state index is 0.141. The Labute approximate surface area is 209 Å². The van der Waals surface area contributed by atoms with Gasteiger partial charge in [-0.1, -0.05) is 29.8 Å². The van der Waals surface area contributed by atoms with Crippen LogP contribution < -0.4 is 24.8 Å². The van der Waals surface area contributed by atoms with Gasteiger partial charge in [0.1, 0.15) is 23.9 Å². The van der Waals surface area contributed by atoms with Gasteiger partial charge in [0.2, 0.25) is 5.91 Å². The van der Waals surface area contributed by atoms with Gasteiger partial charge in [-0.2, -0.15) is 0 Å². The van der Waals surface area contributed by atoms with Gasteiger partial charge in [0, 0.05) is 29.3 Å². The van der Waals surface area contributed by atoms with E-state index in [1.54, 1.807) is 60.7 Å². The average Bonchev–Trinajstić information content (AvgIpc) is 2.86. The van der Waals surface area contributed by atoms with E-state index in [1.165, 1.54) is 14.2 Å². The molecule has 0 saturated heterocycles. The van der Waals surface area contributed by atoms with E-state index < -0.39 is 0 Å². The maximum atomic E-state index is 12.6. The molecule has 0 radical (unpaired) electrons. The van der Waals surface area contributed by atoms with Crippen molar-refractivity contribution in [3.8, 4) is 17.2 Å². The first-order valence-electron chi connectivity index (χ1n) is 10.9. The van der Waals surface area contributed by atoms with Gasteiger partial charge in [0.25, 0.3) is 5.91 Å². The molecule has 2 N–H and O–H groups in total. The molecule has 0 heterocycles. The summed E-state index contributed by atoms with van der Waals surface area (Å²) >= 11 is 5.87. The minimum atomic E-state index is -0.287. The van der Waals surface area contributed by atoms with Gasteiger partial charge in [-0.25, -0.2) is 0 Å². The molecule has 184 valence electrons. The van der Waals surface area contributed by atoms with Crippen LogP contribution in [0.25, 0.3) is 0 Å². The molecular weight excluding hydrogens is 470 g/mol. The summed E-state index contributed by atoms with van der Waals surface area (Å²) in [5.74, 6) is 0.959. The molecule has 0 aliphatic rings. The molecule has 0 aromatic heterocycles. The Morgan fingerprint density at radius 3 is 2.09 bits per heavy atom. The Morgan fingerprint density at radius 2 is 1.49 bits per heavy atom. The number of nitrogens with zero attached hydrogens (tertiary/aromatic N) is 1. The second-order valence-corrected chi connectivity index (χ2v) is 8.10. The fourth-order valence-corrected chi connectivity index (χ4v) is 3.37. The Morgan fingerprint density at radius 1 is 0.886 bits per heavy atom. The van der Waals surface area contributed by atoms with Crippen LogP contribution in [0.4, 0.5) is 11.4 Å². The molecule has 35 heavy (non-hydrogen) atoms. The lowest BCUT2D eigenvalue weighted by Crippen LogP contribution is -2.33. The van der Waals surface area contributed by atoms with Crippen LogP contribution in [0.5, 0.6) is 17.2 Å². The van der Waals surface area contributed by atoms with Gasteiger partial charge < -0.3 is 24.8 Å². The average molecular weight is 498 g/mol. The molecule has 0 fully saturated rings. The van der Waals surface area contributed by atoms with E-state index in [0.717, 1.165) is 0 Å². The zero-order chi connectivity index (χ0) is 25.2. The third-order valence-electron chi connectivity index (χ3n) is 5.05. The smallest absolute Gasteiger partial charge is 0.255 e. The number of rotatable bonds is 11. The summed E-state index contributed by atoms with van der Waals surface area (Å²) in [5, 5.41) is 6.30. The number of ether oxygens (including phenoxy) is 3. The van der Waals surface area contributed by atoms with Crippen molar-refractivity contribution in [2.75, 3.05) is 51.6 Å². The molecule has 8 nitrogen and oxygen atoms in total. The van der Waals surface area contributed by atoms with E-state index in [2.05, 4.69) is 10.6 Å². The fourth-order valence-electron chi connectivity index (χ4n) is 3.24. The van der Waals surface area contributed by atoms with Crippen molar-refractivity contribution in [2.45, 2.75) is 0 Å². The first-order chi connectivity index (χ1) is 16.9. The lowest BCUT2D eigenvalue weighted by Gasteiger charge is -2.19. The molecule has 0 aliphatic carbocycles. The molecule has 3 aromatic rings. The number of hydrogen-bond acceptors (Lipinski definition) is 6. The number of methoxy groups -OCH3 is 2. The van der Waals surface area contributed by atoms with Crippen LogP contribution >= 0.6 is 11.6 Å². The Bertz CT molecular complexity index is 1140. The summed E-state index contributed by atoms with van der Waals surface area (Å²) < 4.78 is 16.5. The molecule has 0 saturated carbocycles. The predicted molar refractivity (Wildman–Crippen MR) is 137 cm³/mol. The van der Waals surface area contributed by atoms with Gasteiger partial charge in [-0.15, -0.1) is 0 Å². The molecule has 0 aliphatic heterocycles. The van der Waals surface area contributed by atoms with E-state index in [9.17, 15) is 9.59 Å². The Hall–Kier alpha value is -3.75. The molecule has 0 unspecified atom stereocenters. The number of amides is 2. The number of hydrogen-bond donors (Lipinski definition) is 2. The second kappa shape index (κ2) is 12.6. The van der Waals surface area contributed by atoms with E-state index in [-0.39, 0.29) is 18.4 Å². The quantitative estimate of drug-likeness (QED) is 0.404. The fraction of sp³-hybridized carbons (Fsp3) is 0.231. The SMILES string of the molecule is COc1cc(NC(=O)c2ccccc2)c(OC)cc1NC(=O)CN(C)CCOc1ccc(Cl)cc1. The zero-order valence-electron chi connectivity index (χ0n) is 19.8. The molecule has 3 rings (SSSR count). The molecule has 3 aromatic carbocycles. The highest BCUT2D eigenvalue weighted by Crippen LogP contribution is 2.36. The van der Waals surface area contributed by atoms with Gasteiger partial charge >= 0.3 is 0 Å². The molecular formula is C26H28ClN3O5. The summed E-state index contributed by atoms with van der Waals surface area (Å²) in [6, 6.07) is 19.2. The first kappa shape index (κ1) is 25.9. The summed E-state index contributed by atoms with van der Waals surface area (Å²) in [6.07, 6.45) is 0. The maximum absolute atomic E-state index is 12.6. The van der Waals surface area contributed by atoms with Crippen LogP contribution in [0.3, 0.4) is 0 Å². The van der Waals surface area contributed by atoms with Crippen molar-refractivity contribution >= 4 is 34.8 Å². The number of benzene rings is 3. The van der Waals surface area contributed by atoms with Crippen LogP contribution in [0.1, 0.15) is 10.4 Å². The van der Waals surface area contributed by atoms with Crippen LogP contribution in [0.2, 0.25) is 5.02 Å². The van der Waals surface area contributed by atoms with Gasteiger partial charge in [-0.3, -0.25) is 14.5 Å². The van der Waals surface area contributed by atoms with Crippen molar-refractivity contribution in [2.24, 2.45) is 0 Å². The summed E-state index contributed by atoms with van der Waals surface area (Å²) in [5.41, 5.74) is 1.36. The number of carbonyl (C=O) groups excluding carboxylic acids is 2. The molecule has 9 heteroatoms. The van der Waals surface area contributed by atoms with E-state index in [4.69, 9.17) is 25.8 Å². The third-order valence-corrected chi connectivity index (χ3v) is 5.30. The highest BCUT2D eigenvalue weighted by Gasteiger charge is 2.17. The zero-order valence-corrected chi connectivity index (χ0v) is 20.6. The molecule has 0 atom stereocenters. The highest BCUT2D eigenvalue weighted by atomic mass is 35.5. The molecule has 2 amide bonds. The summed E-state index contributed by atoms with van der Waals surface area (Å²) in [6.45, 7) is 1.10. The number of nitrogens with one attached hydrogen (secondary N) is 2.